The zero-order valence-corrected chi connectivity index (χ0v) is 16.8. The van der Waals surface area contributed by atoms with Gasteiger partial charge in [0.15, 0.2) is 11.6 Å². The van der Waals surface area contributed by atoms with Gasteiger partial charge in [-0.2, -0.15) is 0 Å². The summed E-state index contributed by atoms with van der Waals surface area (Å²) >= 11 is 5.82. The minimum atomic E-state index is -0.669. The molecule has 0 saturated heterocycles. The number of hydrogen-bond donors (Lipinski definition) is 0. The normalized spacial score (nSPS) is 11.0. The molecule has 7 heteroatoms. The van der Waals surface area contributed by atoms with Gasteiger partial charge in [0.25, 0.3) is 0 Å². The van der Waals surface area contributed by atoms with Gasteiger partial charge < -0.3 is 19.2 Å². The van der Waals surface area contributed by atoms with Crippen LogP contribution in [0.3, 0.4) is 0 Å². The van der Waals surface area contributed by atoms with Crippen molar-refractivity contribution < 1.29 is 23.5 Å². The molecule has 28 heavy (non-hydrogen) atoms. The topological polar surface area (TPSA) is 55.8 Å². The van der Waals surface area contributed by atoms with Gasteiger partial charge in [0.05, 0.1) is 0 Å². The van der Waals surface area contributed by atoms with Crippen molar-refractivity contribution in [3.05, 3.63) is 58.9 Å². The van der Waals surface area contributed by atoms with E-state index in [1.165, 1.54) is 17.0 Å². The molecular weight excluding hydrogens is 385 g/mol. The highest BCUT2D eigenvalue weighted by Crippen LogP contribution is 2.27. The predicted octanol–water partition coefficient (Wildman–Crippen LogP) is 5.60. The van der Waals surface area contributed by atoms with Crippen LogP contribution in [0, 0.1) is 5.82 Å². The van der Waals surface area contributed by atoms with Crippen molar-refractivity contribution in [2.45, 2.75) is 39.3 Å². The quantitative estimate of drug-likeness (QED) is 0.561. The van der Waals surface area contributed by atoms with Gasteiger partial charge in [-0.05, 0) is 62.7 Å². The first-order chi connectivity index (χ1) is 13.2. The van der Waals surface area contributed by atoms with Crippen LogP contribution in [0.25, 0.3) is 0 Å². The van der Waals surface area contributed by atoms with E-state index in [0.717, 1.165) is 6.29 Å². The fourth-order valence-corrected chi connectivity index (χ4v) is 2.47. The molecule has 0 fully saturated rings. The average molecular weight is 408 g/mol. The molecule has 0 aliphatic heterocycles. The Balaban J connectivity index is 2.11. The highest BCUT2D eigenvalue weighted by molar-refractivity contribution is 6.30. The lowest BCUT2D eigenvalue weighted by atomic mass is 10.2. The zero-order chi connectivity index (χ0) is 20.7. The van der Waals surface area contributed by atoms with Crippen LogP contribution in [-0.2, 0) is 16.1 Å². The number of benzene rings is 2. The summed E-state index contributed by atoms with van der Waals surface area (Å²) < 4.78 is 25.3. The van der Waals surface area contributed by atoms with Gasteiger partial charge in [-0.15, -0.1) is 0 Å². The summed E-state index contributed by atoms with van der Waals surface area (Å²) in [4.78, 5) is 24.4. The van der Waals surface area contributed by atoms with Gasteiger partial charge in [0, 0.05) is 24.5 Å². The number of nitrogens with zero attached hydrogens (tertiary/aromatic N) is 1. The molecule has 0 radical (unpaired) electrons. The molecule has 0 bridgehead atoms. The monoisotopic (exact) mass is 407 g/mol. The van der Waals surface area contributed by atoms with Crippen molar-refractivity contribution in [1.29, 1.82) is 0 Å². The maximum atomic E-state index is 14.4. The lowest BCUT2D eigenvalue weighted by Gasteiger charge is -2.27. The van der Waals surface area contributed by atoms with Crippen LogP contribution >= 0.6 is 11.6 Å². The van der Waals surface area contributed by atoms with E-state index in [9.17, 15) is 14.0 Å². The average Bonchev–Trinajstić information content (AvgIpc) is 2.61. The van der Waals surface area contributed by atoms with Gasteiger partial charge in [-0.1, -0.05) is 17.7 Å². The molecule has 5 nitrogen and oxygen atoms in total. The van der Waals surface area contributed by atoms with E-state index in [4.69, 9.17) is 21.1 Å². The Kier molecular flexibility index (Phi) is 7.40. The van der Waals surface area contributed by atoms with E-state index >= 15 is 0 Å². The second-order valence-corrected chi connectivity index (χ2v) is 7.61. The molecule has 0 saturated carbocycles. The Morgan fingerprint density at radius 1 is 1.18 bits per heavy atom. The van der Waals surface area contributed by atoms with Crippen molar-refractivity contribution in [2.24, 2.45) is 0 Å². The van der Waals surface area contributed by atoms with Crippen molar-refractivity contribution in [1.82, 2.24) is 4.90 Å². The second kappa shape index (κ2) is 9.55. The van der Waals surface area contributed by atoms with Crippen molar-refractivity contribution >= 4 is 24.0 Å². The van der Waals surface area contributed by atoms with Gasteiger partial charge in [-0.3, -0.25) is 0 Å². The number of ether oxygens (including phenoxy) is 2. The predicted molar refractivity (Wildman–Crippen MR) is 105 cm³/mol. The molecule has 0 aromatic heterocycles. The smallest absolute Gasteiger partial charge is 0.410 e. The summed E-state index contributed by atoms with van der Waals surface area (Å²) in [5, 5.41) is 0.556. The molecule has 0 spiro atoms. The lowest BCUT2D eigenvalue weighted by Crippen LogP contribution is -2.37. The number of amides is 1. The third kappa shape index (κ3) is 6.85. The van der Waals surface area contributed by atoms with Crippen molar-refractivity contribution in [2.75, 3.05) is 6.54 Å². The van der Waals surface area contributed by atoms with E-state index in [1.807, 2.05) is 0 Å². The number of carbonyl (C=O) groups excluding carboxylic acids is 2. The molecule has 0 aliphatic rings. The molecular formula is C21H23ClFNO4. The molecule has 0 atom stereocenters. The van der Waals surface area contributed by atoms with Gasteiger partial charge in [0.1, 0.15) is 17.6 Å². The summed E-state index contributed by atoms with van der Waals surface area (Å²) in [7, 11) is 0. The number of hydrogen-bond acceptors (Lipinski definition) is 4. The van der Waals surface area contributed by atoms with Gasteiger partial charge >= 0.3 is 6.09 Å². The minimum Gasteiger partial charge on any atom is -0.454 e. The Hall–Kier alpha value is -2.60. The Morgan fingerprint density at radius 3 is 2.43 bits per heavy atom. The molecule has 0 N–H and O–H groups in total. The first-order valence-electron chi connectivity index (χ1n) is 8.81. The van der Waals surface area contributed by atoms with E-state index in [1.54, 1.807) is 51.1 Å². The summed E-state index contributed by atoms with van der Waals surface area (Å²) in [6, 6.07) is 11.0. The SMILES string of the molecule is CC(C)(C)OC(=O)N(CCC=O)Cc1ccc(Oc2ccc(Cl)cc2)c(F)c1. The molecule has 2 aromatic rings. The standard InChI is InChI=1S/C21H23ClFNO4/c1-21(2,3)28-20(26)24(11-4-12-25)14-15-5-10-19(18(23)13-15)27-17-8-6-16(22)7-9-17/h5-10,12-13H,4,11,14H2,1-3H3. The highest BCUT2D eigenvalue weighted by Gasteiger charge is 2.22. The molecule has 150 valence electrons. The van der Waals surface area contributed by atoms with Crippen LogP contribution < -0.4 is 4.74 Å². The largest absolute Gasteiger partial charge is 0.454 e. The molecule has 0 heterocycles. The van der Waals surface area contributed by atoms with Gasteiger partial charge in [0.2, 0.25) is 0 Å². The van der Waals surface area contributed by atoms with E-state index in [2.05, 4.69) is 0 Å². The zero-order valence-electron chi connectivity index (χ0n) is 16.1. The Bertz CT molecular complexity index is 818. The van der Waals surface area contributed by atoms with Crippen molar-refractivity contribution in [3.63, 3.8) is 0 Å². The lowest BCUT2D eigenvalue weighted by molar-refractivity contribution is -0.108. The summed E-state index contributed by atoms with van der Waals surface area (Å²) in [6.07, 6.45) is 0.330. The number of halogens is 2. The fourth-order valence-electron chi connectivity index (χ4n) is 2.35. The summed E-state index contributed by atoms with van der Waals surface area (Å²) in [5.41, 5.74) is -0.115. The minimum absolute atomic E-state index is 0.0581. The molecule has 1 amide bonds. The number of aldehydes is 1. The maximum absolute atomic E-state index is 14.4. The van der Waals surface area contributed by atoms with Crippen LogP contribution in [-0.4, -0.2) is 29.4 Å². The fraction of sp³-hybridized carbons (Fsp3) is 0.333. The van der Waals surface area contributed by atoms with Gasteiger partial charge in [-0.25, -0.2) is 9.18 Å². The van der Waals surface area contributed by atoms with Crippen LogP contribution in [0.15, 0.2) is 42.5 Å². The number of carbonyl (C=O) groups is 2. The summed E-state index contributed by atoms with van der Waals surface area (Å²) in [5.74, 6) is -0.0489. The van der Waals surface area contributed by atoms with E-state index < -0.39 is 17.5 Å². The van der Waals surface area contributed by atoms with Crippen LogP contribution in [0.2, 0.25) is 5.02 Å². The van der Waals surface area contributed by atoms with E-state index in [-0.39, 0.29) is 25.3 Å². The van der Waals surface area contributed by atoms with Crippen molar-refractivity contribution in [3.8, 4) is 11.5 Å². The molecule has 0 aliphatic carbocycles. The Labute approximate surface area is 169 Å². The molecule has 2 rings (SSSR count). The van der Waals surface area contributed by atoms with Crippen LogP contribution in [0.4, 0.5) is 9.18 Å². The van der Waals surface area contributed by atoms with E-state index in [0.29, 0.717) is 16.3 Å². The molecule has 0 unspecified atom stereocenters. The third-order valence-corrected chi connectivity index (χ3v) is 3.83. The summed E-state index contributed by atoms with van der Waals surface area (Å²) in [6.45, 7) is 5.56. The maximum Gasteiger partial charge on any atom is 0.410 e. The second-order valence-electron chi connectivity index (χ2n) is 7.18. The first-order valence-corrected chi connectivity index (χ1v) is 9.19. The Morgan fingerprint density at radius 2 is 1.86 bits per heavy atom. The van der Waals surface area contributed by atoms with Crippen LogP contribution in [0.5, 0.6) is 11.5 Å². The number of rotatable bonds is 7. The highest BCUT2D eigenvalue weighted by atomic mass is 35.5. The molecule has 2 aromatic carbocycles. The third-order valence-electron chi connectivity index (χ3n) is 3.58. The first kappa shape index (κ1) is 21.7. The van der Waals surface area contributed by atoms with Crippen LogP contribution in [0.1, 0.15) is 32.8 Å².